The summed E-state index contributed by atoms with van der Waals surface area (Å²) < 4.78 is 10.8. The lowest BCUT2D eigenvalue weighted by atomic mass is 9.95. The number of ether oxygens (including phenoxy) is 2. The van der Waals surface area contributed by atoms with Crippen LogP contribution in [0, 0.1) is 5.92 Å². The number of unbranched alkanes of at least 4 members (excludes halogenated alkanes) is 5. The molecule has 0 aliphatic carbocycles. The van der Waals surface area contributed by atoms with Gasteiger partial charge in [-0.3, -0.25) is 0 Å². The maximum Gasteiger partial charge on any atom is 0.231 e. The van der Waals surface area contributed by atoms with Crippen molar-refractivity contribution in [2.75, 3.05) is 6.79 Å². The monoisotopic (exact) mass is 276 g/mol. The van der Waals surface area contributed by atoms with E-state index in [9.17, 15) is 0 Å². The van der Waals surface area contributed by atoms with Crippen LogP contribution in [0.25, 0.3) is 0 Å². The van der Waals surface area contributed by atoms with Gasteiger partial charge in [-0.2, -0.15) is 0 Å². The molecule has 0 saturated heterocycles. The quantitative estimate of drug-likeness (QED) is 0.566. The van der Waals surface area contributed by atoms with Crippen molar-refractivity contribution in [3.8, 4) is 11.5 Å². The summed E-state index contributed by atoms with van der Waals surface area (Å²) in [5, 5.41) is 0. The minimum absolute atomic E-state index is 0.367. The van der Waals surface area contributed by atoms with Crippen molar-refractivity contribution in [1.82, 2.24) is 0 Å². The van der Waals surface area contributed by atoms with Crippen LogP contribution in [0.15, 0.2) is 18.2 Å². The predicted octanol–water partition coefficient (Wildman–Crippen LogP) is 5.34. The van der Waals surface area contributed by atoms with Gasteiger partial charge < -0.3 is 9.47 Å². The van der Waals surface area contributed by atoms with Gasteiger partial charge >= 0.3 is 0 Å². The number of rotatable bonds is 9. The maximum absolute atomic E-state index is 5.43. The molecule has 0 saturated carbocycles. The molecule has 1 aliphatic heterocycles. The smallest absolute Gasteiger partial charge is 0.231 e. The molecule has 1 aromatic carbocycles. The molecule has 1 atom stereocenters. The normalized spacial score (nSPS) is 14.5. The van der Waals surface area contributed by atoms with Crippen LogP contribution in [0.1, 0.15) is 64.4 Å². The van der Waals surface area contributed by atoms with Gasteiger partial charge in [0.2, 0.25) is 6.79 Å². The number of fused-ring (bicyclic) bond motifs is 1. The summed E-state index contributed by atoms with van der Waals surface area (Å²) in [6, 6.07) is 6.35. The fraction of sp³-hybridized carbons (Fsp3) is 0.667. The number of benzene rings is 1. The Balaban J connectivity index is 1.65. The van der Waals surface area contributed by atoms with Crippen LogP contribution in [0.2, 0.25) is 0 Å². The van der Waals surface area contributed by atoms with Gasteiger partial charge in [0.15, 0.2) is 11.5 Å². The molecule has 2 heteroatoms. The van der Waals surface area contributed by atoms with Gasteiger partial charge in [-0.25, -0.2) is 0 Å². The molecule has 1 heterocycles. The lowest BCUT2D eigenvalue weighted by Gasteiger charge is -2.11. The molecule has 112 valence electrons. The first kappa shape index (κ1) is 15.2. The summed E-state index contributed by atoms with van der Waals surface area (Å²) in [5.41, 5.74) is 1.37. The third kappa shape index (κ3) is 4.73. The van der Waals surface area contributed by atoms with Gasteiger partial charge in [-0.15, -0.1) is 0 Å². The van der Waals surface area contributed by atoms with Crippen LogP contribution in [0.4, 0.5) is 0 Å². The van der Waals surface area contributed by atoms with Crippen LogP contribution in [-0.2, 0) is 6.42 Å². The van der Waals surface area contributed by atoms with E-state index in [-0.39, 0.29) is 0 Å². The zero-order chi connectivity index (χ0) is 14.2. The summed E-state index contributed by atoms with van der Waals surface area (Å²) in [6.07, 6.45) is 10.8. The summed E-state index contributed by atoms with van der Waals surface area (Å²) in [4.78, 5) is 0. The van der Waals surface area contributed by atoms with Gasteiger partial charge in [-0.1, -0.05) is 64.9 Å². The van der Waals surface area contributed by atoms with Crippen molar-refractivity contribution in [2.45, 2.75) is 65.2 Å². The highest BCUT2D eigenvalue weighted by atomic mass is 16.7. The highest BCUT2D eigenvalue weighted by Gasteiger charge is 2.14. The second-order valence-electron chi connectivity index (χ2n) is 6.05. The SMILES string of the molecule is CCCCCCCCC(C)Cc1ccc2c(c1)OCO2. The number of hydrogen-bond donors (Lipinski definition) is 0. The van der Waals surface area contributed by atoms with E-state index in [0.29, 0.717) is 6.79 Å². The van der Waals surface area contributed by atoms with E-state index in [1.54, 1.807) is 0 Å². The molecule has 0 spiro atoms. The minimum atomic E-state index is 0.367. The van der Waals surface area contributed by atoms with Crippen molar-refractivity contribution in [3.05, 3.63) is 23.8 Å². The molecular weight excluding hydrogens is 248 g/mol. The molecule has 2 nitrogen and oxygen atoms in total. The average Bonchev–Trinajstić information content (AvgIpc) is 2.90. The Morgan fingerprint density at radius 2 is 1.75 bits per heavy atom. The zero-order valence-corrected chi connectivity index (χ0v) is 13.0. The molecule has 1 unspecified atom stereocenters. The zero-order valence-electron chi connectivity index (χ0n) is 13.0. The van der Waals surface area contributed by atoms with Gasteiger partial charge in [0.05, 0.1) is 0 Å². The van der Waals surface area contributed by atoms with Gasteiger partial charge in [-0.05, 0) is 30.0 Å². The van der Waals surface area contributed by atoms with Gasteiger partial charge in [0.1, 0.15) is 0 Å². The topological polar surface area (TPSA) is 18.5 Å². The van der Waals surface area contributed by atoms with Gasteiger partial charge in [0, 0.05) is 0 Å². The van der Waals surface area contributed by atoms with Crippen LogP contribution in [0.5, 0.6) is 11.5 Å². The minimum Gasteiger partial charge on any atom is -0.454 e. The van der Waals surface area contributed by atoms with E-state index in [1.165, 1.54) is 50.5 Å². The van der Waals surface area contributed by atoms with Crippen molar-refractivity contribution >= 4 is 0 Å². The van der Waals surface area contributed by atoms with E-state index in [0.717, 1.165) is 23.8 Å². The maximum atomic E-state index is 5.43. The standard InChI is InChI=1S/C18H28O2/c1-3-4-5-6-7-8-9-15(2)12-16-10-11-17-18(13-16)20-14-19-17/h10-11,13,15H,3-9,12,14H2,1-2H3. The van der Waals surface area contributed by atoms with Crippen molar-refractivity contribution in [3.63, 3.8) is 0 Å². The molecule has 20 heavy (non-hydrogen) atoms. The van der Waals surface area contributed by atoms with Crippen molar-refractivity contribution in [2.24, 2.45) is 5.92 Å². The van der Waals surface area contributed by atoms with Crippen molar-refractivity contribution in [1.29, 1.82) is 0 Å². The Morgan fingerprint density at radius 1 is 1.00 bits per heavy atom. The highest BCUT2D eigenvalue weighted by molar-refractivity contribution is 5.44. The molecule has 0 N–H and O–H groups in total. The Morgan fingerprint density at radius 3 is 2.60 bits per heavy atom. The molecule has 0 bridgehead atoms. The first-order valence-corrected chi connectivity index (χ1v) is 8.18. The fourth-order valence-electron chi connectivity index (χ4n) is 2.85. The molecular formula is C18H28O2. The summed E-state index contributed by atoms with van der Waals surface area (Å²) >= 11 is 0. The Labute approximate surface area is 123 Å². The molecule has 0 fully saturated rings. The highest BCUT2D eigenvalue weighted by Crippen LogP contribution is 2.33. The molecule has 0 aromatic heterocycles. The summed E-state index contributed by atoms with van der Waals surface area (Å²) in [6.45, 7) is 5.00. The van der Waals surface area contributed by atoms with Crippen LogP contribution in [0.3, 0.4) is 0 Å². The Kier molecular flexibility index (Phi) is 6.23. The van der Waals surface area contributed by atoms with Crippen LogP contribution in [-0.4, -0.2) is 6.79 Å². The van der Waals surface area contributed by atoms with E-state index in [1.807, 2.05) is 6.07 Å². The van der Waals surface area contributed by atoms with E-state index in [4.69, 9.17) is 9.47 Å². The first-order valence-electron chi connectivity index (χ1n) is 8.18. The lowest BCUT2D eigenvalue weighted by molar-refractivity contribution is 0.174. The second kappa shape index (κ2) is 8.18. The van der Waals surface area contributed by atoms with E-state index < -0.39 is 0 Å². The summed E-state index contributed by atoms with van der Waals surface area (Å²) in [7, 11) is 0. The fourth-order valence-corrected chi connectivity index (χ4v) is 2.85. The largest absolute Gasteiger partial charge is 0.454 e. The Hall–Kier alpha value is -1.18. The molecule has 1 aliphatic rings. The van der Waals surface area contributed by atoms with E-state index in [2.05, 4.69) is 26.0 Å². The second-order valence-corrected chi connectivity index (χ2v) is 6.05. The van der Waals surface area contributed by atoms with Crippen LogP contribution < -0.4 is 9.47 Å². The third-order valence-corrected chi connectivity index (χ3v) is 4.07. The molecule has 1 aromatic rings. The third-order valence-electron chi connectivity index (χ3n) is 4.07. The first-order chi connectivity index (χ1) is 9.79. The predicted molar refractivity (Wildman–Crippen MR) is 83.4 cm³/mol. The summed E-state index contributed by atoms with van der Waals surface area (Å²) in [5.74, 6) is 2.55. The Bertz CT molecular complexity index is 400. The molecule has 0 amide bonds. The van der Waals surface area contributed by atoms with Gasteiger partial charge in [0.25, 0.3) is 0 Å². The number of hydrogen-bond acceptors (Lipinski definition) is 2. The molecule has 2 rings (SSSR count). The molecule has 0 radical (unpaired) electrons. The van der Waals surface area contributed by atoms with E-state index >= 15 is 0 Å². The van der Waals surface area contributed by atoms with Crippen molar-refractivity contribution < 1.29 is 9.47 Å². The average molecular weight is 276 g/mol. The lowest BCUT2D eigenvalue weighted by Crippen LogP contribution is -2.00. The van der Waals surface area contributed by atoms with Crippen LogP contribution >= 0.6 is 0 Å².